The van der Waals surface area contributed by atoms with Crippen LogP contribution in [0.15, 0.2) is 18.4 Å². The van der Waals surface area contributed by atoms with Crippen LogP contribution in [0.25, 0.3) is 17.0 Å². The standard InChI is InChI=1S/C24H38N8O5/c1-23(2,3)37-22(33)27-9-6-7-10-31(11-8-25)12-15-17-18(36-24(4,5)35-17)21(34-15)32-14-30-16-19(26)28-13-29-20(16)32/h13-15,17H,6-12,25H2,1-5H3,(H,27,33)(H2,26,28,29)/t15-,17-/m1/s1. The van der Waals surface area contributed by atoms with Crippen molar-refractivity contribution in [2.75, 3.05) is 38.5 Å². The predicted octanol–water partition coefficient (Wildman–Crippen LogP) is 1.65. The second-order valence-corrected chi connectivity index (χ2v) is 10.6. The Morgan fingerprint density at radius 1 is 1.24 bits per heavy atom. The van der Waals surface area contributed by atoms with Gasteiger partial charge in [0.05, 0.1) is 0 Å². The van der Waals surface area contributed by atoms with E-state index in [-0.39, 0.29) is 6.10 Å². The lowest BCUT2D eigenvalue weighted by Crippen LogP contribution is -2.42. The van der Waals surface area contributed by atoms with E-state index in [1.54, 1.807) is 10.9 Å². The van der Waals surface area contributed by atoms with Crippen molar-refractivity contribution in [1.29, 1.82) is 0 Å². The van der Waals surface area contributed by atoms with Crippen LogP contribution in [0.2, 0.25) is 0 Å². The van der Waals surface area contributed by atoms with Crippen molar-refractivity contribution in [3.8, 4) is 0 Å². The van der Waals surface area contributed by atoms with Gasteiger partial charge in [-0.1, -0.05) is 0 Å². The minimum atomic E-state index is -0.802. The van der Waals surface area contributed by atoms with Gasteiger partial charge in [0.1, 0.15) is 24.4 Å². The zero-order valence-electron chi connectivity index (χ0n) is 22.2. The number of rotatable bonds is 10. The molecule has 0 saturated carbocycles. The van der Waals surface area contributed by atoms with Crippen LogP contribution in [0.4, 0.5) is 10.6 Å². The lowest BCUT2D eigenvalue weighted by Gasteiger charge is -2.28. The smallest absolute Gasteiger partial charge is 0.407 e. The van der Waals surface area contributed by atoms with Crippen molar-refractivity contribution in [3.05, 3.63) is 18.4 Å². The average Bonchev–Trinajstić information content (AvgIpc) is 3.44. The summed E-state index contributed by atoms with van der Waals surface area (Å²) in [4.78, 5) is 26.8. The van der Waals surface area contributed by atoms with Gasteiger partial charge < -0.3 is 35.7 Å². The Labute approximate surface area is 216 Å². The van der Waals surface area contributed by atoms with E-state index >= 15 is 0 Å². The molecule has 4 heterocycles. The molecule has 0 unspecified atom stereocenters. The van der Waals surface area contributed by atoms with E-state index in [2.05, 4.69) is 25.2 Å². The van der Waals surface area contributed by atoms with Crippen molar-refractivity contribution in [3.63, 3.8) is 0 Å². The fraction of sp³-hybridized carbons (Fsp3) is 0.667. The molecule has 0 aliphatic carbocycles. The van der Waals surface area contributed by atoms with Crippen LogP contribution in [-0.2, 0) is 18.9 Å². The third kappa shape index (κ3) is 6.40. The SMILES string of the molecule is CC(C)(C)OC(=O)NCCCCN(CCN)C[C@H]1OC(n2cnc3c(N)ncnc32)=C2OC(C)(C)O[C@@H]21. The van der Waals surface area contributed by atoms with Gasteiger partial charge in [-0.25, -0.2) is 24.3 Å². The van der Waals surface area contributed by atoms with Crippen molar-refractivity contribution in [2.24, 2.45) is 5.73 Å². The van der Waals surface area contributed by atoms with Gasteiger partial charge in [-0.05, 0) is 40.2 Å². The fourth-order valence-electron chi connectivity index (χ4n) is 4.39. The first kappa shape index (κ1) is 26.9. The molecular formula is C24H38N8O5. The Kier molecular flexibility index (Phi) is 7.76. The number of fused-ring (bicyclic) bond motifs is 2. The monoisotopic (exact) mass is 518 g/mol. The molecule has 0 spiro atoms. The van der Waals surface area contributed by atoms with Gasteiger partial charge in [0.25, 0.3) is 0 Å². The molecule has 13 heteroatoms. The number of imidazole rings is 1. The minimum absolute atomic E-state index is 0.291. The molecule has 13 nitrogen and oxygen atoms in total. The van der Waals surface area contributed by atoms with Crippen LogP contribution >= 0.6 is 0 Å². The Hall–Kier alpha value is -3.16. The molecule has 2 aromatic heterocycles. The van der Waals surface area contributed by atoms with Crippen molar-refractivity contribution >= 4 is 29.0 Å². The number of amides is 1. The molecule has 4 rings (SSSR count). The summed E-state index contributed by atoms with van der Waals surface area (Å²) in [5.74, 6) is 0.569. The minimum Gasteiger partial charge on any atom is -0.468 e. The number of unbranched alkanes of at least 4 members (excludes halogenated alkanes) is 1. The van der Waals surface area contributed by atoms with E-state index in [1.807, 2.05) is 34.6 Å². The molecule has 204 valence electrons. The van der Waals surface area contributed by atoms with Gasteiger partial charge in [-0.3, -0.25) is 4.90 Å². The van der Waals surface area contributed by atoms with Gasteiger partial charge in [0.2, 0.25) is 11.7 Å². The molecular weight excluding hydrogens is 480 g/mol. The summed E-state index contributed by atoms with van der Waals surface area (Å²) in [5, 5.41) is 2.80. The number of hydrogen-bond acceptors (Lipinski definition) is 11. The van der Waals surface area contributed by atoms with Gasteiger partial charge in [-0.15, -0.1) is 0 Å². The van der Waals surface area contributed by atoms with Gasteiger partial charge in [-0.2, -0.15) is 0 Å². The Morgan fingerprint density at radius 3 is 2.76 bits per heavy atom. The number of anilines is 1. The van der Waals surface area contributed by atoms with E-state index in [4.69, 9.17) is 30.4 Å². The molecule has 2 aliphatic heterocycles. The normalized spacial score (nSPS) is 20.7. The number of nitrogens with one attached hydrogen (secondary N) is 1. The summed E-state index contributed by atoms with van der Waals surface area (Å²) in [6, 6.07) is 0. The number of nitrogen functional groups attached to an aromatic ring is 1. The number of nitrogens with two attached hydrogens (primary N) is 2. The topological polar surface area (TPSA) is 165 Å². The summed E-state index contributed by atoms with van der Waals surface area (Å²) in [6.07, 6.45) is 3.54. The third-order valence-corrected chi connectivity index (χ3v) is 5.87. The highest BCUT2D eigenvalue weighted by Gasteiger charge is 2.51. The number of ether oxygens (including phenoxy) is 4. The molecule has 2 atom stereocenters. The highest BCUT2D eigenvalue weighted by atomic mass is 16.8. The van der Waals surface area contributed by atoms with Crippen LogP contribution in [0, 0.1) is 0 Å². The zero-order chi connectivity index (χ0) is 26.8. The summed E-state index contributed by atoms with van der Waals surface area (Å²) in [7, 11) is 0. The lowest BCUT2D eigenvalue weighted by atomic mass is 10.1. The van der Waals surface area contributed by atoms with E-state index in [9.17, 15) is 4.79 Å². The fourth-order valence-corrected chi connectivity index (χ4v) is 4.39. The second kappa shape index (κ2) is 10.7. The highest BCUT2D eigenvalue weighted by molar-refractivity contribution is 5.83. The van der Waals surface area contributed by atoms with Gasteiger partial charge >= 0.3 is 6.09 Å². The molecule has 37 heavy (non-hydrogen) atoms. The molecule has 5 N–H and O–H groups in total. The Bertz CT molecular complexity index is 1140. The number of carbonyl (C=O) groups is 1. The van der Waals surface area contributed by atoms with Crippen LogP contribution in [-0.4, -0.2) is 86.8 Å². The summed E-state index contributed by atoms with van der Waals surface area (Å²) >= 11 is 0. The molecule has 1 saturated heterocycles. The van der Waals surface area contributed by atoms with E-state index in [0.29, 0.717) is 54.8 Å². The van der Waals surface area contributed by atoms with Crippen LogP contribution in [0.3, 0.4) is 0 Å². The molecule has 0 aromatic carbocycles. The summed E-state index contributed by atoms with van der Waals surface area (Å²) in [6.45, 7) is 12.4. The number of carbonyl (C=O) groups excluding carboxylic acids is 1. The van der Waals surface area contributed by atoms with E-state index in [0.717, 1.165) is 19.4 Å². The van der Waals surface area contributed by atoms with Crippen molar-refractivity contribution in [2.45, 2.75) is 71.1 Å². The number of hydrogen-bond donors (Lipinski definition) is 3. The maximum absolute atomic E-state index is 11.8. The average molecular weight is 519 g/mol. The number of aromatic nitrogens is 4. The first-order valence-electron chi connectivity index (χ1n) is 12.6. The third-order valence-electron chi connectivity index (χ3n) is 5.87. The molecule has 2 aliphatic rings. The van der Waals surface area contributed by atoms with Crippen molar-refractivity contribution < 1.29 is 23.7 Å². The first-order chi connectivity index (χ1) is 17.5. The molecule has 0 radical (unpaired) electrons. The van der Waals surface area contributed by atoms with E-state index in [1.165, 1.54) is 6.33 Å². The van der Waals surface area contributed by atoms with Crippen LogP contribution in [0.1, 0.15) is 47.5 Å². The summed E-state index contributed by atoms with van der Waals surface area (Å²) in [5.41, 5.74) is 12.4. The highest BCUT2D eigenvalue weighted by Crippen LogP contribution is 2.43. The molecule has 1 fully saturated rings. The van der Waals surface area contributed by atoms with Crippen LogP contribution < -0.4 is 16.8 Å². The Balaban J connectivity index is 1.40. The molecule has 0 bridgehead atoms. The predicted molar refractivity (Wildman–Crippen MR) is 137 cm³/mol. The lowest BCUT2D eigenvalue weighted by molar-refractivity contribution is -0.153. The number of nitrogens with zero attached hydrogens (tertiary/aromatic N) is 5. The van der Waals surface area contributed by atoms with Crippen molar-refractivity contribution in [1.82, 2.24) is 29.7 Å². The Morgan fingerprint density at radius 2 is 2.03 bits per heavy atom. The van der Waals surface area contributed by atoms with E-state index < -0.39 is 23.6 Å². The number of alkyl carbamates (subject to hydrolysis) is 1. The zero-order valence-corrected chi connectivity index (χ0v) is 22.2. The largest absolute Gasteiger partial charge is 0.468 e. The maximum atomic E-state index is 11.8. The van der Waals surface area contributed by atoms with Crippen LogP contribution in [0.5, 0.6) is 0 Å². The van der Waals surface area contributed by atoms with Gasteiger partial charge in [0, 0.05) is 40.0 Å². The second-order valence-electron chi connectivity index (χ2n) is 10.6. The molecule has 2 aromatic rings. The van der Waals surface area contributed by atoms with Gasteiger partial charge in [0.15, 0.2) is 28.8 Å². The first-order valence-corrected chi connectivity index (χ1v) is 12.6. The summed E-state index contributed by atoms with van der Waals surface area (Å²) < 4.78 is 25.8. The maximum Gasteiger partial charge on any atom is 0.407 e. The molecule has 1 amide bonds. The quantitative estimate of drug-likeness (QED) is 0.392.